The maximum absolute atomic E-state index is 11.7. The van der Waals surface area contributed by atoms with Gasteiger partial charge in [-0.25, -0.2) is 0 Å². The van der Waals surface area contributed by atoms with E-state index in [-0.39, 0.29) is 18.1 Å². The molecule has 1 fully saturated rings. The second-order valence-corrected chi connectivity index (χ2v) is 6.74. The summed E-state index contributed by atoms with van der Waals surface area (Å²) in [6, 6.07) is -0.0724. The van der Waals surface area contributed by atoms with Crippen molar-refractivity contribution in [1.29, 1.82) is 0 Å². The highest BCUT2D eigenvalue weighted by molar-refractivity contribution is 9.10. The normalized spacial score (nSPS) is 28.3. The highest BCUT2D eigenvalue weighted by atomic mass is 79.9. The summed E-state index contributed by atoms with van der Waals surface area (Å²) in [5.41, 5.74) is 0. The SMILES string of the molecule is CC(C)(Br)C(=O)NC1CCCCCC1O. The Morgan fingerprint density at radius 2 is 1.93 bits per heavy atom. The second-order valence-electron chi connectivity index (χ2n) is 4.76. The molecule has 0 aliphatic heterocycles. The number of halogens is 1. The van der Waals surface area contributed by atoms with E-state index in [9.17, 15) is 9.90 Å². The van der Waals surface area contributed by atoms with Crippen molar-refractivity contribution in [2.45, 2.75) is 62.4 Å². The number of nitrogens with one attached hydrogen (secondary N) is 1. The van der Waals surface area contributed by atoms with Crippen LogP contribution >= 0.6 is 15.9 Å². The Labute approximate surface area is 99.8 Å². The number of aliphatic hydroxyl groups excluding tert-OH is 1. The van der Waals surface area contributed by atoms with E-state index in [1.807, 2.05) is 13.8 Å². The minimum atomic E-state index is -0.557. The Balaban J connectivity index is 2.52. The van der Waals surface area contributed by atoms with Gasteiger partial charge in [0.05, 0.1) is 16.5 Å². The Bertz CT molecular complexity index is 225. The molecule has 1 amide bonds. The van der Waals surface area contributed by atoms with Crippen LogP contribution in [-0.4, -0.2) is 27.5 Å². The van der Waals surface area contributed by atoms with Crippen molar-refractivity contribution >= 4 is 21.8 Å². The van der Waals surface area contributed by atoms with Crippen molar-refractivity contribution in [3.63, 3.8) is 0 Å². The van der Waals surface area contributed by atoms with Gasteiger partial charge in [0.2, 0.25) is 5.91 Å². The maximum atomic E-state index is 11.7. The van der Waals surface area contributed by atoms with Crippen molar-refractivity contribution < 1.29 is 9.90 Å². The fourth-order valence-electron chi connectivity index (χ4n) is 1.80. The lowest BCUT2D eigenvalue weighted by Crippen LogP contribution is -2.48. The maximum Gasteiger partial charge on any atom is 0.236 e. The van der Waals surface area contributed by atoms with E-state index in [4.69, 9.17) is 0 Å². The molecule has 2 atom stereocenters. The van der Waals surface area contributed by atoms with Crippen LogP contribution in [0, 0.1) is 0 Å². The van der Waals surface area contributed by atoms with Crippen LogP contribution in [0.25, 0.3) is 0 Å². The van der Waals surface area contributed by atoms with Gasteiger partial charge in [0.25, 0.3) is 0 Å². The van der Waals surface area contributed by atoms with Gasteiger partial charge in [-0.15, -0.1) is 0 Å². The third-order valence-electron chi connectivity index (χ3n) is 2.84. The van der Waals surface area contributed by atoms with Crippen LogP contribution in [0.5, 0.6) is 0 Å². The summed E-state index contributed by atoms with van der Waals surface area (Å²) in [5, 5.41) is 12.7. The van der Waals surface area contributed by atoms with E-state index in [1.54, 1.807) is 0 Å². The van der Waals surface area contributed by atoms with Crippen molar-refractivity contribution in [1.82, 2.24) is 5.32 Å². The molecule has 1 rings (SSSR count). The van der Waals surface area contributed by atoms with Gasteiger partial charge in [-0.05, 0) is 26.7 Å². The number of alkyl halides is 1. The Morgan fingerprint density at radius 1 is 1.33 bits per heavy atom. The molecule has 1 aliphatic carbocycles. The zero-order valence-electron chi connectivity index (χ0n) is 9.42. The second kappa shape index (κ2) is 5.30. The number of hydrogen-bond acceptors (Lipinski definition) is 2. The smallest absolute Gasteiger partial charge is 0.236 e. The predicted molar refractivity (Wildman–Crippen MR) is 64.0 cm³/mol. The van der Waals surface area contributed by atoms with Gasteiger partial charge >= 0.3 is 0 Å². The Morgan fingerprint density at radius 3 is 2.53 bits per heavy atom. The Hall–Kier alpha value is -0.0900. The van der Waals surface area contributed by atoms with Crippen LogP contribution in [0.4, 0.5) is 0 Å². The van der Waals surface area contributed by atoms with Crippen molar-refractivity contribution in [2.75, 3.05) is 0 Å². The number of amides is 1. The monoisotopic (exact) mass is 277 g/mol. The van der Waals surface area contributed by atoms with Crippen LogP contribution < -0.4 is 5.32 Å². The standard InChI is InChI=1S/C11H20BrNO2/c1-11(2,12)10(15)13-8-6-4-3-5-7-9(8)14/h8-9,14H,3-7H2,1-2H3,(H,13,15). The summed E-state index contributed by atoms with van der Waals surface area (Å²) in [6.07, 6.45) is 4.60. The molecule has 2 N–H and O–H groups in total. The van der Waals surface area contributed by atoms with Gasteiger partial charge in [0.15, 0.2) is 0 Å². The molecule has 0 radical (unpaired) electrons. The fraction of sp³-hybridized carbons (Fsp3) is 0.909. The number of carbonyl (C=O) groups is 1. The summed E-state index contributed by atoms with van der Waals surface area (Å²) in [7, 11) is 0. The highest BCUT2D eigenvalue weighted by Gasteiger charge is 2.29. The van der Waals surface area contributed by atoms with Crippen molar-refractivity contribution in [2.24, 2.45) is 0 Å². The lowest BCUT2D eigenvalue weighted by atomic mass is 10.0. The van der Waals surface area contributed by atoms with Gasteiger partial charge in [-0.1, -0.05) is 35.2 Å². The molecule has 1 saturated carbocycles. The molecule has 15 heavy (non-hydrogen) atoms. The highest BCUT2D eigenvalue weighted by Crippen LogP contribution is 2.21. The van der Waals surface area contributed by atoms with E-state index in [0.29, 0.717) is 0 Å². The molecule has 4 heteroatoms. The molecule has 0 heterocycles. The zero-order valence-corrected chi connectivity index (χ0v) is 11.0. The summed E-state index contributed by atoms with van der Waals surface area (Å²) in [6.45, 7) is 3.62. The topological polar surface area (TPSA) is 49.3 Å². The van der Waals surface area contributed by atoms with Gasteiger partial charge in [-0.3, -0.25) is 4.79 Å². The molecular formula is C11H20BrNO2. The first-order valence-corrected chi connectivity index (χ1v) is 6.38. The molecular weight excluding hydrogens is 258 g/mol. The fourth-order valence-corrected chi connectivity index (χ4v) is 1.91. The number of rotatable bonds is 2. The largest absolute Gasteiger partial charge is 0.391 e. The third kappa shape index (κ3) is 4.11. The summed E-state index contributed by atoms with van der Waals surface area (Å²) in [5.74, 6) is -0.0477. The number of hydrogen-bond donors (Lipinski definition) is 2. The number of aliphatic hydroxyl groups is 1. The number of carbonyl (C=O) groups excluding carboxylic acids is 1. The summed E-state index contributed by atoms with van der Waals surface area (Å²) >= 11 is 3.32. The molecule has 0 spiro atoms. The van der Waals surface area contributed by atoms with Crippen LogP contribution in [0.1, 0.15) is 46.0 Å². The zero-order chi connectivity index (χ0) is 11.5. The molecule has 2 unspecified atom stereocenters. The van der Waals surface area contributed by atoms with Gasteiger partial charge in [0.1, 0.15) is 0 Å². The summed E-state index contributed by atoms with van der Waals surface area (Å²) < 4.78 is -0.557. The van der Waals surface area contributed by atoms with Crippen LogP contribution in [-0.2, 0) is 4.79 Å². The first-order valence-electron chi connectivity index (χ1n) is 5.59. The van der Waals surface area contributed by atoms with E-state index >= 15 is 0 Å². The van der Waals surface area contributed by atoms with Gasteiger partial charge < -0.3 is 10.4 Å². The van der Waals surface area contributed by atoms with E-state index in [2.05, 4.69) is 21.2 Å². The third-order valence-corrected chi connectivity index (χ3v) is 3.20. The Kier molecular flexibility index (Phi) is 4.59. The molecule has 0 aromatic rings. The van der Waals surface area contributed by atoms with E-state index < -0.39 is 4.32 Å². The quantitative estimate of drug-likeness (QED) is 0.599. The molecule has 0 aromatic carbocycles. The van der Waals surface area contributed by atoms with Gasteiger partial charge in [-0.2, -0.15) is 0 Å². The molecule has 0 saturated heterocycles. The summed E-state index contributed by atoms with van der Waals surface area (Å²) in [4.78, 5) is 11.7. The van der Waals surface area contributed by atoms with E-state index in [0.717, 1.165) is 32.1 Å². The minimum absolute atomic E-state index is 0.0477. The first-order chi connectivity index (χ1) is 6.91. The first kappa shape index (κ1) is 13.0. The van der Waals surface area contributed by atoms with Gasteiger partial charge in [0, 0.05) is 0 Å². The van der Waals surface area contributed by atoms with Crippen LogP contribution in [0.15, 0.2) is 0 Å². The van der Waals surface area contributed by atoms with Crippen LogP contribution in [0.3, 0.4) is 0 Å². The molecule has 1 aliphatic rings. The van der Waals surface area contributed by atoms with Crippen molar-refractivity contribution in [3.8, 4) is 0 Å². The average Bonchev–Trinajstić information content (AvgIpc) is 2.30. The molecule has 88 valence electrons. The predicted octanol–water partition coefficient (Wildman–Crippen LogP) is 1.97. The molecule has 3 nitrogen and oxygen atoms in total. The van der Waals surface area contributed by atoms with Crippen LogP contribution in [0.2, 0.25) is 0 Å². The minimum Gasteiger partial charge on any atom is -0.391 e. The van der Waals surface area contributed by atoms with E-state index in [1.165, 1.54) is 0 Å². The van der Waals surface area contributed by atoms with Crippen molar-refractivity contribution in [3.05, 3.63) is 0 Å². The molecule has 0 aromatic heterocycles. The molecule has 0 bridgehead atoms. The average molecular weight is 278 g/mol. The lowest BCUT2D eigenvalue weighted by molar-refractivity contribution is -0.124. The lowest BCUT2D eigenvalue weighted by Gasteiger charge is -2.25.